The van der Waals surface area contributed by atoms with E-state index in [9.17, 15) is 4.79 Å². The Morgan fingerprint density at radius 1 is 1.27 bits per heavy atom. The monoisotopic (exact) mass is 330 g/mol. The van der Waals surface area contributed by atoms with Gasteiger partial charge >= 0.3 is 0 Å². The summed E-state index contributed by atoms with van der Waals surface area (Å²) >= 11 is 0. The summed E-state index contributed by atoms with van der Waals surface area (Å²) in [6.07, 6.45) is 8.95. The van der Waals surface area contributed by atoms with Crippen molar-refractivity contribution in [2.24, 2.45) is 17.3 Å². The van der Waals surface area contributed by atoms with Gasteiger partial charge in [0, 0.05) is 12.5 Å². The Bertz CT molecular complexity index is 372. The fourth-order valence-corrected chi connectivity index (χ4v) is 4.23. The second kappa shape index (κ2) is 7.98. The number of halogens is 1. The highest BCUT2D eigenvalue weighted by molar-refractivity contribution is 5.85. The van der Waals surface area contributed by atoms with Crippen molar-refractivity contribution >= 4 is 18.3 Å². The maximum Gasteiger partial charge on any atom is 0.223 e. The van der Waals surface area contributed by atoms with Crippen molar-refractivity contribution < 1.29 is 9.53 Å². The van der Waals surface area contributed by atoms with E-state index in [1.165, 1.54) is 38.5 Å². The SMILES string of the molecule is CC1CCCCC1OCCNC(=O)C1CC12CCNCC2.Cl. The van der Waals surface area contributed by atoms with E-state index in [1.807, 2.05) is 0 Å². The van der Waals surface area contributed by atoms with Crippen LogP contribution in [0.3, 0.4) is 0 Å². The number of hydrogen-bond acceptors (Lipinski definition) is 3. The molecular weight excluding hydrogens is 300 g/mol. The van der Waals surface area contributed by atoms with Crippen molar-refractivity contribution in [2.45, 2.75) is 58.0 Å². The molecule has 22 heavy (non-hydrogen) atoms. The van der Waals surface area contributed by atoms with E-state index in [-0.39, 0.29) is 24.2 Å². The van der Waals surface area contributed by atoms with Gasteiger partial charge in [0.1, 0.15) is 0 Å². The molecule has 5 heteroatoms. The Hall–Kier alpha value is -0.320. The second-order valence-electron chi connectivity index (χ2n) is 7.33. The average molecular weight is 331 g/mol. The zero-order valence-corrected chi connectivity index (χ0v) is 14.6. The highest BCUT2D eigenvalue weighted by Gasteiger charge is 2.57. The zero-order chi connectivity index (χ0) is 14.7. The highest BCUT2D eigenvalue weighted by atomic mass is 35.5. The maximum atomic E-state index is 12.2. The van der Waals surface area contributed by atoms with Gasteiger partial charge in [-0.3, -0.25) is 4.79 Å². The van der Waals surface area contributed by atoms with Crippen molar-refractivity contribution in [3.63, 3.8) is 0 Å². The Balaban J connectivity index is 0.00000176. The van der Waals surface area contributed by atoms with Gasteiger partial charge in [-0.2, -0.15) is 0 Å². The molecule has 3 aliphatic rings. The van der Waals surface area contributed by atoms with E-state index in [0.29, 0.717) is 30.6 Å². The standard InChI is InChI=1S/C17H30N2O2.ClH/c1-13-4-2-3-5-15(13)21-11-10-19-16(20)14-12-17(14)6-8-18-9-7-17;/h13-15,18H,2-12H2,1H3,(H,19,20);1H. The molecule has 2 aliphatic carbocycles. The Kier molecular flexibility index (Phi) is 6.54. The van der Waals surface area contributed by atoms with E-state index in [4.69, 9.17) is 4.74 Å². The van der Waals surface area contributed by atoms with Gasteiger partial charge < -0.3 is 15.4 Å². The average Bonchev–Trinajstić information content (AvgIpc) is 3.19. The first-order valence-corrected chi connectivity index (χ1v) is 8.81. The van der Waals surface area contributed by atoms with Gasteiger partial charge in [-0.25, -0.2) is 0 Å². The molecule has 0 aromatic heterocycles. The molecule has 1 saturated heterocycles. The minimum Gasteiger partial charge on any atom is -0.376 e. The Morgan fingerprint density at radius 3 is 2.73 bits per heavy atom. The third-order valence-electron chi connectivity index (χ3n) is 5.87. The van der Waals surface area contributed by atoms with Crippen LogP contribution < -0.4 is 10.6 Å². The van der Waals surface area contributed by atoms with Crippen molar-refractivity contribution in [3.05, 3.63) is 0 Å². The molecule has 4 nitrogen and oxygen atoms in total. The van der Waals surface area contributed by atoms with E-state index in [2.05, 4.69) is 17.6 Å². The number of carbonyl (C=O) groups is 1. The highest BCUT2D eigenvalue weighted by Crippen LogP contribution is 2.58. The van der Waals surface area contributed by atoms with Crippen LogP contribution in [-0.4, -0.2) is 38.3 Å². The van der Waals surface area contributed by atoms with Crippen LogP contribution in [0.25, 0.3) is 0 Å². The van der Waals surface area contributed by atoms with E-state index in [0.717, 1.165) is 19.5 Å². The maximum absolute atomic E-state index is 12.2. The Morgan fingerprint density at radius 2 is 2.00 bits per heavy atom. The van der Waals surface area contributed by atoms with Crippen molar-refractivity contribution in [2.75, 3.05) is 26.2 Å². The lowest BCUT2D eigenvalue weighted by Gasteiger charge is -2.28. The first-order valence-electron chi connectivity index (χ1n) is 8.81. The molecule has 3 atom stereocenters. The fourth-order valence-electron chi connectivity index (χ4n) is 4.23. The smallest absolute Gasteiger partial charge is 0.223 e. The number of rotatable bonds is 5. The Labute approximate surface area is 140 Å². The van der Waals surface area contributed by atoms with Crippen LogP contribution in [-0.2, 0) is 9.53 Å². The molecule has 1 spiro atoms. The van der Waals surface area contributed by atoms with Gasteiger partial charge in [-0.1, -0.05) is 19.8 Å². The largest absolute Gasteiger partial charge is 0.376 e. The number of piperidine rings is 1. The summed E-state index contributed by atoms with van der Waals surface area (Å²) in [5.74, 6) is 1.21. The summed E-state index contributed by atoms with van der Waals surface area (Å²) in [4.78, 5) is 12.2. The normalized spacial score (nSPS) is 33.0. The molecule has 1 amide bonds. The third kappa shape index (κ3) is 4.15. The van der Waals surface area contributed by atoms with Crippen LogP contribution in [0.2, 0.25) is 0 Å². The number of ether oxygens (including phenoxy) is 1. The molecule has 0 bridgehead atoms. The predicted octanol–water partition coefficient (Wildman–Crippen LogP) is 2.51. The summed E-state index contributed by atoms with van der Waals surface area (Å²) in [6.45, 7) is 5.78. The lowest BCUT2D eigenvalue weighted by atomic mass is 9.88. The summed E-state index contributed by atoms with van der Waals surface area (Å²) in [5, 5.41) is 6.47. The summed E-state index contributed by atoms with van der Waals surface area (Å²) in [6, 6.07) is 0. The minimum atomic E-state index is 0. The molecule has 0 aromatic carbocycles. The molecule has 2 saturated carbocycles. The molecule has 1 aliphatic heterocycles. The number of amides is 1. The molecule has 1 heterocycles. The molecule has 3 rings (SSSR count). The molecular formula is C17H31ClN2O2. The quantitative estimate of drug-likeness (QED) is 0.762. The molecule has 0 aromatic rings. The van der Waals surface area contributed by atoms with Crippen molar-refractivity contribution in [3.8, 4) is 0 Å². The van der Waals surface area contributed by atoms with Crippen LogP contribution >= 0.6 is 12.4 Å². The van der Waals surface area contributed by atoms with Gasteiger partial charge in [0.15, 0.2) is 0 Å². The van der Waals surface area contributed by atoms with Crippen LogP contribution in [0.1, 0.15) is 51.9 Å². The lowest BCUT2D eigenvalue weighted by Crippen LogP contribution is -2.35. The molecule has 3 unspecified atom stereocenters. The topological polar surface area (TPSA) is 50.4 Å². The van der Waals surface area contributed by atoms with Crippen LogP contribution in [0.15, 0.2) is 0 Å². The van der Waals surface area contributed by atoms with Gasteiger partial charge in [-0.15, -0.1) is 12.4 Å². The minimum absolute atomic E-state index is 0. The first-order chi connectivity index (χ1) is 10.2. The van der Waals surface area contributed by atoms with E-state index in [1.54, 1.807) is 0 Å². The molecule has 2 N–H and O–H groups in total. The van der Waals surface area contributed by atoms with E-state index >= 15 is 0 Å². The first kappa shape index (κ1) is 18.0. The lowest BCUT2D eigenvalue weighted by molar-refractivity contribution is -0.123. The van der Waals surface area contributed by atoms with Gasteiger partial charge in [-0.05, 0) is 56.5 Å². The summed E-state index contributed by atoms with van der Waals surface area (Å²) in [7, 11) is 0. The van der Waals surface area contributed by atoms with Crippen molar-refractivity contribution in [1.29, 1.82) is 0 Å². The molecule has 0 radical (unpaired) electrons. The molecule has 128 valence electrons. The second-order valence-corrected chi connectivity index (χ2v) is 7.33. The number of nitrogens with one attached hydrogen (secondary N) is 2. The molecule has 3 fully saturated rings. The van der Waals surface area contributed by atoms with Crippen LogP contribution in [0, 0.1) is 17.3 Å². The van der Waals surface area contributed by atoms with E-state index < -0.39 is 0 Å². The number of carbonyl (C=O) groups excluding carboxylic acids is 1. The zero-order valence-electron chi connectivity index (χ0n) is 13.7. The fraction of sp³-hybridized carbons (Fsp3) is 0.941. The van der Waals surface area contributed by atoms with Crippen LogP contribution in [0.5, 0.6) is 0 Å². The number of hydrogen-bond donors (Lipinski definition) is 2. The van der Waals surface area contributed by atoms with Gasteiger partial charge in [0.05, 0.1) is 12.7 Å². The van der Waals surface area contributed by atoms with Gasteiger partial charge in [0.2, 0.25) is 5.91 Å². The predicted molar refractivity (Wildman–Crippen MR) is 90.3 cm³/mol. The third-order valence-corrected chi connectivity index (χ3v) is 5.87. The summed E-state index contributed by atoms with van der Waals surface area (Å²) < 4.78 is 5.96. The van der Waals surface area contributed by atoms with Gasteiger partial charge in [0.25, 0.3) is 0 Å². The van der Waals surface area contributed by atoms with Crippen molar-refractivity contribution in [1.82, 2.24) is 10.6 Å². The van der Waals surface area contributed by atoms with Crippen LogP contribution in [0.4, 0.5) is 0 Å². The summed E-state index contributed by atoms with van der Waals surface area (Å²) in [5.41, 5.74) is 0.341.